The van der Waals surface area contributed by atoms with Crippen LogP contribution in [0.2, 0.25) is 0 Å². The molecule has 1 aromatic rings. The lowest BCUT2D eigenvalue weighted by Gasteiger charge is -2.17. The molecule has 0 amide bonds. The maximum Gasteiger partial charge on any atom is 0.147 e. The second kappa shape index (κ2) is 8.61. The van der Waals surface area contributed by atoms with Gasteiger partial charge in [-0.15, -0.1) is 11.8 Å². The summed E-state index contributed by atoms with van der Waals surface area (Å²) in [7, 11) is -2.88. The summed E-state index contributed by atoms with van der Waals surface area (Å²) in [5, 5.41) is 3.43. The van der Waals surface area contributed by atoms with Gasteiger partial charge in [0, 0.05) is 22.9 Å². The third-order valence-electron chi connectivity index (χ3n) is 2.71. The molecule has 0 heterocycles. The number of thioether (sulfide) groups is 1. The fraction of sp³-hybridized carbons (Fsp3) is 0.571. The molecule has 0 aliphatic heterocycles. The summed E-state index contributed by atoms with van der Waals surface area (Å²) >= 11 is 1.77. The van der Waals surface area contributed by atoms with Gasteiger partial charge >= 0.3 is 0 Å². The molecule has 1 N–H and O–H groups in total. The van der Waals surface area contributed by atoms with Gasteiger partial charge in [0.05, 0.1) is 5.75 Å². The Morgan fingerprint density at radius 1 is 1.26 bits per heavy atom. The minimum absolute atomic E-state index is 0.250. The molecule has 1 unspecified atom stereocenters. The SMILES string of the molecule is CCCNC(CCS(C)(=O)=O)CSc1ccccc1. The topological polar surface area (TPSA) is 46.2 Å². The van der Waals surface area contributed by atoms with Crippen molar-refractivity contribution < 1.29 is 8.42 Å². The summed E-state index contributed by atoms with van der Waals surface area (Å²) in [4.78, 5) is 1.23. The molecular weight excluding hydrogens is 278 g/mol. The summed E-state index contributed by atoms with van der Waals surface area (Å²) in [6, 6.07) is 10.5. The highest BCUT2D eigenvalue weighted by atomic mass is 32.2. The zero-order valence-electron chi connectivity index (χ0n) is 11.6. The van der Waals surface area contributed by atoms with E-state index in [1.54, 1.807) is 11.8 Å². The summed E-state index contributed by atoms with van der Waals surface area (Å²) < 4.78 is 22.5. The van der Waals surface area contributed by atoms with E-state index in [0.29, 0.717) is 6.42 Å². The van der Waals surface area contributed by atoms with E-state index in [0.717, 1.165) is 18.7 Å². The third kappa shape index (κ3) is 8.29. The molecule has 0 saturated heterocycles. The summed E-state index contributed by atoms with van der Waals surface area (Å²) in [5.41, 5.74) is 0. The van der Waals surface area contributed by atoms with Gasteiger partial charge in [-0.1, -0.05) is 25.1 Å². The van der Waals surface area contributed by atoms with Crippen LogP contribution in [0.5, 0.6) is 0 Å². The molecule has 0 aliphatic rings. The van der Waals surface area contributed by atoms with Gasteiger partial charge in [-0.3, -0.25) is 0 Å². The van der Waals surface area contributed by atoms with Crippen molar-refractivity contribution in [2.24, 2.45) is 0 Å². The second-order valence-corrected chi connectivity index (χ2v) is 8.05. The van der Waals surface area contributed by atoms with Crippen LogP contribution in [0.25, 0.3) is 0 Å². The quantitative estimate of drug-likeness (QED) is 0.712. The lowest BCUT2D eigenvalue weighted by molar-refractivity contribution is 0.532. The Morgan fingerprint density at radius 3 is 2.53 bits per heavy atom. The fourth-order valence-corrected chi connectivity index (χ4v) is 3.40. The van der Waals surface area contributed by atoms with E-state index in [9.17, 15) is 8.42 Å². The molecule has 5 heteroatoms. The zero-order valence-corrected chi connectivity index (χ0v) is 13.3. The van der Waals surface area contributed by atoms with Crippen LogP contribution in [-0.2, 0) is 9.84 Å². The van der Waals surface area contributed by atoms with Crippen molar-refractivity contribution in [2.45, 2.75) is 30.7 Å². The molecule has 0 fully saturated rings. The first-order chi connectivity index (χ1) is 9.01. The number of sulfone groups is 1. The van der Waals surface area contributed by atoms with E-state index in [2.05, 4.69) is 24.4 Å². The van der Waals surface area contributed by atoms with E-state index in [4.69, 9.17) is 0 Å². The van der Waals surface area contributed by atoms with Crippen LogP contribution in [0.1, 0.15) is 19.8 Å². The second-order valence-electron chi connectivity index (χ2n) is 4.69. The van der Waals surface area contributed by atoms with Crippen molar-refractivity contribution in [2.75, 3.05) is 24.3 Å². The van der Waals surface area contributed by atoms with E-state index < -0.39 is 9.84 Å². The van der Waals surface area contributed by atoms with Gasteiger partial charge in [-0.25, -0.2) is 8.42 Å². The van der Waals surface area contributed by atoms with Gasteiger partial charge < -0.3 is 5.32 Å². The molecule has 0 aliphatic carbocycles. The lowest BCUT2D eigenvalue weighted by atomic mass is 10.2. The number of hydrogen-bond donors (Lipinski definition) is 1. The molecule has 1 aromatic carbocycles. The number of nitrogens with one attached hydrogen (secondary N) is 1. The van der Waals surface area contributed by atoms with Crippen LogP contribution in [0.3, 0.4) is 0 Å². The monoisotopic (exact) mass is 301 g/mol. The molecule has 0 spiro atoms. The Bertz CT molecular complexity index is 446. The van der Waals surface area contributed by atoms with E-state index in [-0.39, 0.29) is 11.8 Å². The normalized spacial score (nSPS) is 13.4. The van der Waals surface area contributed by atoms with Crippen LogP contribution in [0, 0.1) is 0 Å². The van der Waals surface area contributed by atoms with Crippen LogP contribution < -0.4 is 5.32 Å². The van der Waals surface area contributed by atoms with Crippen LogP contribution >= 0.6 is 11.8 Å². The van der Waals surface area contributed by atoms with Gasteiger partial charge in [0.15, 0.2) is 0 Å². The minimum Gasteiger partial charge on any atom is -0.313 e. The first-order valence-corrected chi connectivity index (χ1v) is 9.65. The molecule has 0 aromatic heterocycles. The first kappa shape index (κ1) is 16.5. The molecule has 3 nitrogen and oxygen atoms in total. The predicted octanol–water partition coefficient (Wildman–Crippen LogP) is 2.58. The average molecular weight is 301 g/mol. The first-order valence-electron chi connectivity index (χ1n) is 6.60. The molecule has 0 saturated carbocycles. The predicted molar refractivity (Wildman–Crippen MR) is 83.6 cm³/mol. The van der Waals surface area contributed by atoms with Crippen molar-refractivity contribution in [3.8, 4) is 0 Å². The Morgan fingerprint density at radius 2 is 1.95 bits per heavy atom. The molecule has 0 radical (unpaired) electrons. The Hall–Kier alpha value is -0.520. The van der Waals surface area contributed by atoms with E-state index >= 15 is 0 Å². The maximum atomic E-state index is 11.2. The molecule has 1 rings (SSSR count). The molecule has 1 atom stereocenters. The highest BCUT2D eigenvalue weighted by Gasteiger charge is 2.12. The Kier molecular flexibility index (Phi) is 7.49. The van der Waals surface area contributed by atoms with Crippen molar-refractivity contribution in [3.63, 3.8) is 0 Å². The lowest BCUT2D eigenvalue weighted by Crippen LogP contribution is -2.33. The summed E-state index contributed by atoms with van der Waals surface area (Å²) in [6.07, 6.45) is 3.04. The van der Waals surface area contributed by atoms with Crippen molar-refractivity contribution in [3.05, 3.63) is 30.3 Å². The molecule has 108 valence electrons. The zero-order chi connectivity index (χ0) is 14.1. The number of hydrogen-bond acceptors (Lipinski definition) is 4. The molecule has 0 bridgehead atoms. The Labute approximate surface area is 121 Å². The van der Waals surface area contributed by atoms with Gasteiger partial charge in [-0.05, 0) is 31.5 Å². The maximum absolute atomic E-state index is 11.2. The summed E-state index contributed by atoms with van der Waals surface area (Å²) in [5.74, 6) is 1.16. The van der Waals surface area contributed by atoms with Gasteiger partial charge in [0.25, 0.3) is 0 Å². The van der Waals surface area contributed by atoms with Crippen LogP contribution in [0.15, 0.2) is 35.2 Å². The highest BCUT2D eigenvalue weighted by molar-refractivity contribution is 7.99. The van der Waals surface area contributed by atoms with Crippen molar-refractivity contribution >= 4 is 21.6 Å². The average Bonchev–Trinajstić information content (AvgIpc) is 2.38. The molecule has 19 heavy (non-hydrogen) atoms. The largest absolute Gasteiger partial charge is 0.313 e. The number of rotatable bonds is 9. The molecular formula is C14H23NO2S2. The van der Waals surface area contributed by atoms with E-state index in [1.165, 1.54) is 11.2 Å². The minimum atomic E-state index is -2.88. The Balaban J connectivity index is 2.44. The van der Waals surface area contributed by atoms with Crippen LogP contribution in [-0.4, -0.2) is 38.8 Å². The van der Waals surface area contributed by atoms with Crippen molar-refractivity contribution in [1.29, 1.82) is 0 Å². The van der Waals surface area contributed by atoms with Crippen LogP contribution in [0.4, 0.5) is 0 Å². The fourth-order valence-electron chi connectivity index (χ4n) is 1.66. The standard InChI is InChI=1S/C14H23NO2S2/c1-3-10-15-13(9-11-19(2,16)17)12-18-14-7-5-4-6-8-14/h4-8,13,15H,3,9-12H2,1-2H3. The highest BCUT2D eigenvalue weighted by Crippen LogP contribution is 2.19. The number of benzene rings is 1. The smallest absolute Gasteiger partial charge is 0.147 e. The van der Waals surface area contributed by atoms with Gasteiger partial charge in [-0.2, -0.15) is 0 Å². The van der Waals surface area contributed by atoms with Gasteiger partial charge in [0.2, 0.25) is 0 Å². The van der Waals surface area contributed by atoms with Crippen molar-refractivity contribution in [1.82, 2.24) is 5.32 Å². The summed E-state index contributed by atoms with van der Waals surface area (Å²) in [6.45, 7) is 3.05. The van der Waals surface area contributed by atoms with Gasteiger partial charge in [0.1, 0.15) is 9.84 Å². The van der Waals surface area contributed by atoms with E-state index in [1.807, 2.05) is 18.2 Å². The third-order valence-corrected chi connectivity index (χ3v) is 4.87.